The van der Waals surface area contributed by atoms with Gasteiger partial charge in [-0.1, -0.05) is 0 Å². The zero-order chi connectivity index (χ0) is 12.7. The first kappa shape index (κ1) is 11.3. The predicted octanol–water partition coefficient (Wildman–Crippen LogP) is -0.0991. The molecule has 0 aliphatic carbocycles. The summed E-state index contributed by atoms with van der Waals surface area (Å²) < 4.78 is 2.25. The third-order valence-corrected chi connectivity index (χ3v) is 2.66. The highest BCUT2D eigenvalue weighted by Crippen LogP contribution is 2.10. The van der Waals surface area contributed by atoms with E-state index in [-0.39, 0.29) is 0 Å². The molecule has 2 aromatic heterocycles. The average Bonchev–Trinajstić information content (AvgIpc) is 2.53. The van der Waals surface area contributed by atoms with Gasteiger partial charge in [0.2, 0.25) is 0 Å². The summed E-state index contributed by atoms with van der Waals surface area (Å²) in [5.41, 5.74) is 1.54. The van der Waals surface area contributed by atoms with Crippen LogP contribution in [0.3, 0.4) is 0 Å². The molecule has 0 aliphatic rings. The van der Waals surface area contributed by atoms with Gasteiger partial charge in [-0.05, 0) is 20.8 Å². The highest BCUT2D eigenvalue weighted by molar-refractivity contribution is 5.66. The standard InChI is InChI=1S/C10H12N4O3/c1-5-6(2)11-7(3)14-9(5)12-13(10(14)17)4-8(15)16/h4H2,1-3H3,(H,15,16). The second kappa shape index (κ2) is 3.69. The molecule has 0 bridgehead atoms. The number of carboxylic acid groups (broad SMARTS) is 1. The summed E-state index contributed by atoms with van der Waals surface area (Å²) in [6.07, 6.45) is 0. The van der Waals surface area contributed by atoms with Gasteiger partial charge in [0.1, 0.15) is 12.4 Å². The number of aliphatic carboxylic acids is 1. The predicted molar refractivity (Wildman–Crippen MR) is 59.1 cm³/mol. The summed E-state index contributed by atoms with van der Waals surface area (Å²) in [5.74, 6) is -0.597. The maximum Gasteiger partial charge on any atom is 0.352 e. The zero-order valence-electron chi connectivity index (χ0n) is 9.76. The lowest BCUT2D eigenvalue weighted by molar-refractivity contribution is -0.137. The second-order valence-electron chi connectivity index (χ2n) is 3.86. The van der Waals surface area contributed by atoms with E-state index < -0.39 is 18.2 Å². The van der Waals surface area contributed by atoms with E-state index in [0.717, 1.165) is 15.9 Å². The summed E-state index contributed by atoms with van der Waals surface area (Å²) >= 11 is 0. The van der Waals surface area contributed by atoms with Crippen LogP contribution < -0.4 is 5.69 Å². The largest absolute Gasteiger partial charge is 0.480 e. The Bertz CT molecular complexity index is 668. The molecule has 17 heavy (non-hydrogen) atoms. The number of carbonyl (C=O) groups is 1. The van der Waals surface area contributed by atoms with Crippen molar-refractivity contribution in [2.24, 2.45) is 0 Å². The van der Waals surface area contributed by atoms with E-state index in [2.05, 4.69) is 10.1 Å². The molecule has 7 nitrogen and oxygen atoms in total. The van der Waals surface area contributed by atoms with E-state index in [1.807, 2.05) is 6.92 Å². The molecule has 90 valence electrons. The van der Waals surface area contributed by atoms with Crippen molar-refractivity contribution in [1.29, 1.82) is 0 Å². The van der Waals surface area contributed by atoms with Crippen molar-refractivity contribution >= 4 is 11.6 Å². The molecule has 1 N–H and O–H groups in total. The van der Waals surface area contributed by atoms with Gasteiger partial charge in [-0.15, -0.1) is 5.10 Å². The smallest absolute Gasteiger partial charge is 0.352 e. The molecule has 0 atom stereocenters. The molecule has 2 rings (SSSR count). The minimum absolute atomic E-state index is 0.446. The summed E-state index contributed by atoms with van der Waals surface area (Å²) in [5, 5.41) is 12.7. The van der Waals surface area contributed by atoms with Crippen LogP contribution in [0.4, 0.5) is 0 Å². The molecule has 7 heteroatoms. The van der Waals surface area contributed by atoms with Crippen LogP contribution in [0.1, 0.15) is 17.1 Å². The lowest BCUT2D eigenvalue weighted by Crippen LogP contribution is -2.25. The fourth-order valence-electron chi connectivity index (χ4n) is 1.71. The van der Waals surface area contributed by atoms with Crippen LogP contribution in [0.5, 0.6) is 0 Å². The Morgan fingerprint density at radius 2 is 2.00 bits per heavy atom. The zero-order valence-corrected chi connectivity index (χ0v) is 9.76. The second-order valence-corrected chi connectivity index (χ2v) is 3.86. The van der Waals surface area contributed by atoms with Crippen LogP contribution >= 0.6 is 0 Å². The number of aromatic nitrogens is 4. The number of carboxylic acids is 1. The number of hydrogen-bond acceptors (Lipinski definition) is 4. The molecular formula is C10H12N4O3. The summed E-state index contributed by atoms with van der Waals surface area (Å²) in [6, 6.07) is 0. The van der Waals surface area contributed by atoms with Crippen LogP contribution in [-0.2, 0) is 11.3 Å². The first-order valence-electron chi connectivity index (χ1n) is 5.07. The monoisotopic (exact) mass is 236 g/mol. The van der Waals surface area contributed by atoms with Gasteiger partial charge in [-0.2, -0.15) is 0 Å². The minimum atomic E-state index is -1.10. The van der Waals surface area contributed by atoms with E-state index in [1.54, 1.807) is 13.8 Å². The maximum atomic E-state index is 11.9. The Morgan fingerprint density at radius 3 is 2.59 bits per heavy atom. The molecule has 2 aromatic rings. The topological polar surface area (TPSA) is 89.5 Å². The van der Waals surface area contributed by atoms with Crippen molar-refractivity contribution in [3.63, 3.8) is 0 Å². The fraction of sp³-hybridized carbons (Fsp3) is 0.400. The molecule has 0 fully saturated rings. The molecule has 0 spiro atoms. The third-order valence-electron chi connectivity index (χ3n) is 2.66. The molecule has 0 amide bonds. The molecule has 0 unspecified atom stereocenters. The van der Waals surface area contributed by atoms with Gasteiger partial charge in [0, 0.05) is 11.3 Å². The van der Waals surface area contributed by atoms with Gasteiger partial charge in [-0.25, -0.2) is 18.9 Å². The van der Waals surface area contributed by atoms with Crippen molar-refractivity contribution in [2.45, 2.75) is 27.3 Å². The van der Waals surface area contributed by atoms with Gasteiger partial charge in [0.15, 0.2) is 5.65 Å². The highest BCUT2D eigenvalue weighted by Gasteiger charge is 2.15. The highest BCUT2D eigenvalue weighted by atomic mass is 16.4. The maximum absolute atomic E-state index is 11.9. The van der Waals surface area contributed by atoms with Gasteiger partial charge in [0.05, 0.1) is 0 Å². The number of fused-ring (bicyclic) bond motifs is 1. The van der Waals surface area contributed by atoms with E-state index in [4.69, 9.17) is 5.11 Å². The minimum Gasteiger partial charge on any atom is -0.480 e. The Balaban J connectivity index is 2.82. The molecule has 0 saturated heterocycles. The molecule has 0 saturated carbocycles. The average molecular weight is 236 g/mol. The first-order chi connectivity index (χ1) is 7.91. The fourth-order valence-corrected chi connectivity index (χ4v) is 1.71. The van der Waals surface area contributed by atoms with Crippen LogP contribution in [0.15, 0.2) is 4.79 Å². The first-order valence-corrected chi connectivity index (χ1v) is 5.07. The molecule has 0 radical (unpaired) electrons. The number of nitrogens with zero attached hydrogens (tertiary/aromatic N) is 4. The van der Waals surface area contributed by atoms with Gasteiger partial charge >= 0.3 is 11.7 Å². The van der Waals surface area contributed by atoms with Gasteiger partial charge in [-0.3, -0.25) is 4.79 Å². The number of rotatable bonds is 2. The SMILES string of the molecule is Cc1nc(C)n2c(=O)n(CC(=O)O)nc2c1C. The van der Waals surface area contributed by atoms with E-state index in [1.165, 1.54) is 4.40 Å². The molecule has 2 heterocycles. The van der Waals surface area contributed by atoms with E-state index in [0.29, 0.717) is 11.5 Å². The lowest BCUT2D eigenvalue weighted by atomic mass is 10.2. The van der Waals surface area contributed by atoms with Gasteiger partial charge < -0.3 is 5.11 Å². The Labute approximate surface area is 96.3 Å². The van der Waals surface area contributed by atoms with Crippen molar-refractivity contribution in [2.75, 3.05) is 0 Å². The lowest BCUT2D eigenvalue weighted by Gasteiger charge is -2.02. The van der Waals surface area contributed by atoms with E-state index >= 15 is 0 Å². The van der Waals surface area contributed by atoms with E-state index in [9.17, 15) is 9.59 Å². The number of aryl methyl sites for hydroxylation is 3. The summed E-state index contributed by atoms with van der Waals surface area (Å²) in [4.78, 5) is 26.7. The van der Waals surface area contributed by atoms with Gasteiger partial charge in [0.25, 0.3) is 0 Å². The van der Waals surface area contributed by atoms with Crippen molar-refractivity contribution in [3.8, 4) is 0 Å². The Morgan fingerprint density at radius 1 is 1.35 bits per heavy atom. The third kappa shape index (κ3) is 1.69. The quantitative estimate of drug-likeness (QED) is 0.786. The van der Waals surface area contributed by atoms with Crippen molar-refractivity contribution in [3.05, 3.63) is 27.6 Å². The molecule has 0 aromatic carbocycles. The van der Waals surface area contributed by atoms with Crippen LogP contribution in [0, 0.1) is 20.8 Å². The number of hydrogen-bond donors (Lipinski definition) is 1. The normalized spacial score (nSPS) is 11.0. The Hall–Kier alpha value is -2.18. The molecular weight excluding hydrogens is 224 g/mol. The summed E-state index contributed by atoms with van der Waals surface area (Å²) in [6.45, 7) is 4.86. The van der Waals surface area contributed by atoms with Crippen LogP contribution in [0.25, 0.3) is 5.65 Å². The summed E-state index contributed by atoms with van der Waals surface area (Å²) in [7, 11) is 0. The van der Waals surface area contributed by atoms with Crippen LogP contribution in [-0.4, -0.2) is 30.2 Å². The van der Waals surface area contributed by atoms with Crippen molar-refractivity contribution < 1.29 is 9.90 Å². The van der Waals surface area contributed by atoms with Crippen molar-refractivity contribution in [1.82, 2.24) is 19.2 Å². The molecule has 0 aliphatic heterocycles. The van der Waals surface area contributed by atoms with Crippen LogP contribution in [0.2, 0.25) is 0 Å². The Kier molecular flexibility index (Phi) is 2.45.